The fourth-order valence-electron chi connectivity index (χ4n) is 2.44. The van der Waals surface area contributed by atoms with Crippen molar-refractivity contribution in [3.8, 4) is 5.75 Å². The fourth-order valence-corrected chi connectivity index (χ4v) is 2.71. The van der Waals surface area contributed by atoms with E-state index in [1.807, 2.05) is 24.3 Å². The van der Waals surface area contributed by atoms with E-state index in [9.17, 15) is 0 Å². The van der Waals surface area contributed by atoms with Gasteiger partial charge in [0.05, 0.1) is 0 Å². The molecule has 2 nitrogen and oxygen atoms in total. The lowest BCUT2D eigenvalue weighted by Crippen LogP contribution is -2.00. The summed E-state index contributed by atoms with van der Waals surface area (Å²) in [5.74, 6) is 0.892. The van der Waals surface area contributed by atoms with Gasteiger partial charge in [-0.3, -0.25) is 0 Å². The Morgan fingerprint density at radius 1 is 0.875 bits per heavy atom. The van der Waals surface area contributed by atoms with Crippen molar-refractivity contribution < 1.29 is 4.74 Å². The summed E-state index contributed by atoms with van der Waals surface area (Å²) in [4.78, 5) is 0. The summed E-state index contributed by atoms with van der Waals surface area (Å²) >= 11 is 3.44. The number of hydrogen-bond donors (Lipinski definition) is 1. The molecule has 0 bridgehead atoms. The molecule has 3 heteroatoms. The van der Waals surface area contributed by atoms with E-state index in [1.54, 1.807) is 0 Å². The molecule has 0 spiro atoms. The zero-order chi connectivity index (χ0) is 16.8. The highest BCUT2D eigenvalue weighted by atomic mass is 79.9. The van der Waals surface area contributed by atoms with Gasteiger partial charge in [-0.05, 0) is 54.4 Å². The Bertz CT molecular complexity index is 782. The molecule has 3 rings (SSSR count). The number of ether oxygens (including phenoxy) is 1. The molecule has 122 valence electrons. The monoisotopic (exact) mass is 381 g/mol. The predicted octanol–water partition coefficient (Wildman–Crippen LogP) is 5.95. The first-order valence-corrected chi connectivity index (χ1v) is 8.75. The molecule has 3 aromatic carbocycles. The maximum Gasteiger partial charge on any atom is 0.119 e. The lowest BCUT2D eigenvalue weighted by molar-refractivity contribution is 0.306. The Kier molecular flexibility index (Phi) is 5.55. The number of rotatable bonds is 6. The van der Waals surface area contributed by atoms with Crippen LogP contribution in [0.25, 0.3) is 0 Å². The third-order valence-electron chi connectivity index (χ3n) is 3.75. The van der Waals surface area contributed by atoms with E-state index >= 15 is 0 Å². The van der Waals surface area contributed by atoms with Crippen molar-refractivity contribution in [3.05, 3.63) is 94.0 Å². The van der Waals surface area contributed by atoms with Crippen LogP contribution in [0.2, 0.25) is 0 Å². The highest BCUT2D eigenvalue weighted by Gasteiger charge is 1.99. The molecule has 0 heterocycles. The van der Waals surface area contributed by atoms with Crippen molar-refractivity contribution in [2.45, 2.75) is 20.1 Å². The molecule has 0 aliphatic heterocycles. The molecule has 0 aromatic heterocycles. The zero-order valence-electron chi connectivity index (χ0n) is 13.6. The van der Waals surface area contributed by atoms with Crippen molar-refractivity contribution in [1.82, 2.24) is 0 Å². The lowest BCUT2D eigenvalue weighted by Gasteiger charge is -2.09. The molecule has 0 amide bonds. The normalized spacial score (nSPS) is 10.4. The topological polar surface area (TPSA) is 21.3 Å². The molecule has 0 atom stereocenters. The van der Waals surface area contributed by atoms with Crippen LogP contribution in [0.1, 0.15) is 16.7 Å². The van der Waals surface area contributed by atoms with Gasteiger partial charge >= 0.3 is 0 Å². The first-order chi connectivity index (χ1) is 11.7. The van der Waals surface area contributed by atoms with Crippen LogP contribution >= 0.6 is 15.9 Å². The molecule has 24 heavy (non-hydrogen) atoms. The Balaban J connectivity index is 1.52. The van der Waals surface area contributed by atoms with Gasteiger partial charge in [0.2, 0.25) is 0 Å². The number of halogens is 1. The summed E-state index contributed by atoms with van der Waals surface area (Å²) in [5, 5.41) is 3.41. The second-order valence-corrected chi connectivity index (χ2v) is 6.70. The van der Waals surface area contributed by atoms with Crippen molar-refractivity contribution >= 4 is 21.6 Å². The Morgan fingerprint density at radius 2 is 1.62 bits per heavy atom. The van der Waals surface area contributed by atoms with Gasteiger partial charge in [0.15, 0.2) is 0 Å². The van der Waals surface area contributed by atoms with Gasteiger partial charge in [-0.25, -0.2) is 0 Å². The Morgan fingerprint density at radius 3 is 2.33 bits per heavy atom. The lowest BCUT2D eigenvalue weighted by atomic mass is 10.1. The van der Waals surface area contributed by atoms with E-state index in [0.29, 0.717) is 6.61 Å². The quantitative estimate of drug-likeness (QED) is 0.569. The molecule has 0 unspecified atom stereocenters. The molecular weight excluding hydrogens is 362 g/mol. The van der Waals surface area contributed by atoms with Gasteiger partial charge in [0.25, 0.3) is 0 Å². The molecule has 3 aromatic rings. The van der Waals surface area contributed by atoms with Crippen LogP contribution in [0, 0.1) is 6.92 Å². The number of anilines is 1. The summed E-state index contributed by atoms with van der Waals surface area (Å²) in [6, 6.07) is 24.8. The van der Waals surface area contributed by atoms with E-state index in [0.717, 1.165) is 22.5 Å². The second kappa shape index (κ2) is 8.02. The summed E-state index contributed by atoms with van der Waals surface area (Å²) in [7, 11) is 0. The second-order valence-electron chi connectivity index (χ2n) is 5.78. The van der Waals surface area contributed by atoms with Gasteiger partial charge in [0, 0.05) is 16.7 Å². The number of aryl methyl sites for hydroxylation is 1. The summed E-state index contributed by atoms with van der Waals surface area (Å²) < 4.78 is 6.94. The van der Waals surface area contributed by atoms with E-state index in [4.69, 9.17) is 4.74 Å². The average molecular weight is 382 g/mol. The van der Waals surface area contributed by atoms with Gasteiger partial charge in [-0.1, -0.05) is 57.9 Å². The molecule has 1 N–H and O–H groups in total. The molecule has 0 saturated heterocycles. The highest BCUT2D eigenvalue weighted by molar-refractivity contribution is 9.10. The summed E-state index contributed by atoms with van der Waals surface area (Å²) in [6.45, 7) is 3.48. The van der Waals surface area contributed by atoms with E-state index in [2.05, 4.69) is 76.7 Å². The molecule has 0 aliphatic carbocycles. The number of hydrogen-bond acceptors (Lipinski definition) is 2. The molecular formula is C21H20BrNO. The minimum absolute atomic E-state index is 0.595. The third kappa shape index (κ3) is 4.87. The molecule has 0 radical (unpaired) electrons. The van der Waals surface area contributed by atoms with Crippen LogP contribution in [-0.2, 0) is 13.2 Å². The smallest absolute Gasteiger partial charge is 0.119 e. The minimum Gasteiger partial charge on any atom is -0.489 e. The van der Waals surface area contributed by atoms with E-state index in [1.165, 1.54) is 16.7 Å². The molecule has 0 saturated carbocycles. The molecule has 0 aliphatic rings. The molecule has 0 fully saturated rings. The summed E-state index contributed by atoms with van der Waals surface area (Å²) in [6.07, 6.45) is 0. The zero-order valence-corrected chi connectivity index (χ0v) is 15.2. The minimum atomic E-state index is 0.595. The average Bonchev–Trinajstić information content (AvgIpc) is 2.60. The van der Waals surface area contributed by atoms with Crippen molar-refractivity contribution in [3.63, 3.8) is 0 Å². The Labute approximate surface area is 151 Å². The predicted molar refractivity (Wildman–Crippen MR) is 103 cm³/mol. The fraction of sp³-hybridized carbons (Fsp3) is 0.143. The third-order valence-corrected chi connectivity index (χ3v) is 4.28. The van der Waals surface area contributed by atoms with Crippen molar-refractivity contribution in [1.29, 1.82) is 0 Å². The van der Waals surface area contributed by atoms with Crippen LogP contribution in [-0.4, -0.2) is 0 Å². The number of nitrogens with one attached hydrogen (secondary N) is 1. The van der Waals surface area contributed by atoms with Crippen molar-refractivity contribution in [2.24, 2.45) is 0 Å². The van der Waals surface area contributed by atoms with E-state index in [-0.39, 0.29) is 0 Å². The highest BCUT2D eigenvalue weighted by Crippen LogP contribution is 2.17. The van der Waals surface area contributed by atoms with Gasteiger partial charge in [-0.15, -0.1) is 0 Å². The van der Waals surface area contributed by atoms with Gasteiger partial charge in [-0.2, -0.15) is 0 Å². The first kappa shape index (κ1) is 16.6. The van der Waals surface area contributed by atoms with Crippen LogP contribution < -0.4 is 10.1 Å². The van der Waals surface area contributed by atoms with Gasteiger partial charge in [0.1, 0.15) is 12.4 Å². The summed E-state index contributed by atoms with van der Waals surface area (Å²) in [5.41, 5.74) is 4.78. The van der Waals surface area contributed by atoms with Crippen LogP contribution in [0.5, 0.6) is 5.75 Å². The van der Waals surface area contributed by atoms with Crippen molar-refractivity contribution in [2.75, 3.05) is 5.32 Å². The largest absolute Gasteiger partial charge is 0.489 e. The van der Waals surface area contributed by atoms with Crippen LogP contribution in [0.3, 0.4) is 0 Å². The SMILES string of the molecule is Cc1cccc(COc2ccc(CNc3ccc(Br)cc3)cc2)c1. The maximum atomic E-state index is 5.85. The van der Waals surface area contributed by atoms with Crippen LogP contribution in [0.15, 0.2) is 77.3 Å². The first-order valence-electron chi connectivity index (χ1n) is 7.96. The standard InChI is InChI=1S/C21H20BrNO/c1-16-3-2-4-18(13-16)15-24-21-11-5-17(6-12-21)14-23-20-9-7-19(22)8-10-20/h2-13,23H,14-15H2,1H3. The van der Waals surface area contributed by atoms with Gasteiger partial charge < -0.3 is 10.1 Å². The van der Waals surface area contributed by atoms with E-state index < -0.39 is 0 Å². The van der Waals surface area contributed by atoms with Crippen LogP contribution in [0.4, 0.5) is 5.69 Å². The number of benzene rings is 3. The Hall–Kier alpha value is -2.26. The maximum absolute atomic E-state index is 5.85.